The lowest BCUT2D eigenvalue weighted by Crippen LogP contribution is -2.25. The van der Waals surface area contributed by atoms with Gasteiger partial charge in [-0.15, -0.1) is 12.4 Å². The number of rotatable bonds is 7. The molecule has 1 heterocycles. The van der Waals surface area contributed by atoms with Gasteiger partial charge in [-0.3, -0.25) is 4.79 Å². The molecule has 0 aliphatic rings. The molecular formula is C17H23ClN2O3. The number of carbonyl (C=O) groups excluding carboxylic acids is 1. The minimum absolute atomic E-state index is 0. The highest BCUT2D eigenvalue weighted by atomic mass is 35.5. The molecule has 0 atom stereocenters. The molecule has 1 amide bonds. The lowest BCUT2D eigenvalue weighted by molar-refractivity contribution is 0.0921. The minimum atomic E-state index is -0.230. The molecule has 23 heavy (non-hydrogen) atoms. The molecule has 0 saturated heterocycles. The van der Waals surface area contributed by atoms with Gasteiger partial charge in [0, 0.05) is 6.54 Å². The van der Waals surface area contributed by atoms with E-state index in [0.29, 0.717) is 25.5 Å². The minimum Gasteiger partial charge on any atom is -0.485 e. The van der Waals surface area contributed by atoms with Crippen molar-refractivity contribution in [1.82, 2.24) is 5.32 Å². The fourth-order valence-corrected chi connectivity index (χ4v) is 2.08. The molecule has 1 aromatic carbocycles. The number of aryl methyl sites for hydroxylation is 2. The molecule has 6 heteroatoms. The van der Waals surface area contributed by atoms with Crippen molar-refractivity contribution in [3.05, 3.63) is 53.0 Å². The number of carbonyl (C=O) groups is 1. The van der Waals surface area contributed by atoms with Crippen LogP contribution in [0.5, 0.6) is 5.75 Å². The molecule has 0 aliphatic heterocycles. The van der Waals surface area contributed by atoms with Crippen molar-refractivity contribution in [3.8, 4) is 5.75 Å². The van der Waals surface area contributed by atoms with Crippen molar-refractivity contribution in [2.75, 3.05) is 13.1 Å². The third-order valence-corrected chi connectivity index (χ3v) is 3.25. The highest BCUT2D eigenvalue weighted by Crippen LogP contribution is 2.20. The number of nitrogens with two attached hydrogens (primary N) is 1. The Labute approximate surface area is 142 Å². The number of benzene rings is 1. The van der Waals surface area contributed by atoms with E-state index >= 15 is 0 Å². The molecule has 0 fully saturated rings. The van der Waals surface area contributed by atoms with E-state index in [2.05, 4.69) is 11.4 Å². The average molecular weight is 339 g/mol. The maximum Gasteiger partial charge on any atom is 0.286 e. The van der Waals surface area contributed by atoms with Gasteiger partial charge in [0.25, 0.3) is 5.91 Å². The Morgan fingerprint density at radius 3 is 2.74 bits per heavy atom. The van der Waals surface area contributed by atoms with Crippen LogP contribution in [0, 0.1) is 13.8 Å². The number of ether oxygens (including phenoxy) is 1. The predicted molar refractivity (Wildman–Crippen MR) is 92.2 cm³/mol. The Balaban J connectivity index is 0.00000264. The topological polar surface area (TPSA) is 77.5 Å². The maximum atomic E-state index is 11.8. The maximum absolute atomic E-state index is 11.8. The highest BCUT2D eigenvalue weighted by molar-refractivity contribution is 5.91. The quantitative estimate of drug-likeness (QED) is 0.761. The van der Waals surface area contributed by atoms with Gasteiger partial charge in [-0.1, -0.05) is 17.7 Å². The molecule has 3 N–H and O–H groups in total. The standard InChI is InChI=1S/C17H22N2O3.ClH/c1-12-4-6-15(13(2)10-12)21-11-14-5-7-16(22-14)17(20)19-9-3-8-18;/h4-7,10H,3,8-9,11,18H2,1-2H3,(H,19,20);1H. The second kappa shape index (κ2) is 9.22. The van der Waals surface area contributed by atoms with E-state index in [1.165, 1.54) is 5.56 Å². The summed E-state index contributed by atoms with van der Waals surface area (Å²) in [5.41, 5.74) is 7.65. The SMILES string of the molecule is Cc1ccc(OCc2ccc(C(=O)NCCCN)o2)c(C)c1.Cl. The first kappa shape index (κ1) is 19.1. The van der Waals surface area contributed by atoms with Gasteiger partial charge >= 0.3 is 0 Å². The summed E-state index contributed by atoms with van der Waals surface area (Å²) < 4.78 is 11.2. The number of nitrogens with one attached hydrogen (secondary N) is 1. The van der Waals surface area contributed by atoms with Crippen LogP contribution in [0.3, 0.4) is 0 Å². The Bertz CT molecular complexity index is 641. The van der Waals surface area contributed by atoms with Crippen molar-refractivity contribution in [2.45, 2.75) is 26.9 Å². The molecule has 0 bridgehead atoms. The molecule has 1 aromatic heterocycles. The first-order valence-electron chi connectivity index (χ1n) is 7.37. The number of hydrogen-bond donors (Lipinski definition) is 2. The van der Waals surface area contributed by atoms with Crippen LogP contribution in [0.4, 0.5) is 0 Å². The summed E-state index contributed by atoms with van der Waals surface area (Å²) >= 11 is 0. The first-order valence-corrected chi connectivity index (χ1v) is 7.37. The van der Waals surface area contributed by atoms with Gasteiger partial charge in [0.2, 0.25) is 0 Å². The van der Waals surface area contributed by atoms with Crippen LogP contribution >= 0.6 is 12.4 Å². The molecule has 0 radical (unpaired) electrons. The van der Waals surface area contributed by atoms with Crippen LogP contribution in [-0.4, -0.2) is 19.0 Å². The molecule has 0 spiro atoms. The summed E-state index contributed by atoms with van der Waals surface area (Å²) in [4.78, 5) is 11.8. The van der Waals surface area contributed by atoms with Gasteiger partial charge < -0.3 is 20.2 Å². The zero-order valence-corrected chi connectivity index (χ0v) is 14.2. The lowest BCUT2D eigenvalue weighted by atomic mass is 10.1. The Morgan fingerprint density at radius 2 is 2.04 bits per heavy atom. The monoisotopic (exact) mass is 338 g/mol. The van der Waals surface area contributed by atoms with Crippen LogP contribution in [0.2, 0.25) is 0 Å². The molecule has 0 aliphatic carbocycles. The van der Waals surface area contributed by atoms with Crippen molar-refractivity contribution in [2.24, 2.45) is 5.73 Å². The van der Waals surface area contributed by atoms with Gasteiger partial charge in [0.05, 0.1) is 0 Å². The van der Waals surface area contributed by atoms with E-state index in [1.807, 2.05) is 26.0 Å². The lowest BCUT2D eigenvalue weighted by Gasteiger charge is -2.08. The van der Waals surface area contributed by atoms with Crippen LogP contribution in [0.25, 0.3) is 0 Å². The fourth-order valence-electron chi connectivity index (χ4n) is 2.08. The summed E-state index contributed by atoms with van der Waals surface area (Å²) in [5, 5.41) is 2.75. The van der Waals surface area contributed by atoms with Gasteiger partial charge in [-0.2, -0.15) is 0 Å². The normalized spacial score (nSPS) is 10.0. The van der Waals surface area contributed by atoms with E-state index in [1.54, 1.807) is 12.1 Å². The smallest absolute Gasteiger partial charge is 0.286 e. The van der Waals surface area contributed by atoms with E-state index in [9.17, 15) is 4.79 Å². The van der Waals surface area contributed by atoms with Gasteiger partial charge in [-0.25, -0.2) is 0 Å². The van der Waals surface area contributed by atoms with Crippen molar-refractivity contribution in [3.63, 3.8) is 0 Å². The number of furan rings is 1. The third-order valence-electron chi connectivity index (χ3n) is 3.25. The Hall–Kier alpha value is -1.98. The molecule has 5 nitrogen and oxygen atoms in total. The predicted octanol–water partition coefficient (Wildman–Crippen LogP) is 2.98. The number of halogens is 1. The molecule has 126 valence electrons. The largest absolute Gasteiger partial charge is 0.485 e. The second-order valence-electron chi connectivity index (χ2n) is 5.22. The fraction of sp³-hybridized carbons (Fsp3) is 0.353. The van der Waals surface area contributed by atoms with Crippen molar-refractivity contribution >= 4 is 18.3 Å². The summed E-state index contributed by atoms with van der Waals surface area (Å²) in [7, 11) is 0. The van der Waals surface area contributed by atoms with Crippen LogP contribution in [0.1, 0.15) is 33.9 Å². The molecule has 0 saturated carbocycles. The van der Waals surface area contributed by atoms with Gasteiger partial charge in [0.15, 0.2) is 5.76 Å². The van der Waals surface area contributed by atoms with E-state index < -0.39 is 0 Å². The summed E-state index contributed by atoms with van der Waals surface area (Å²) in [6, 6.07) is 9.41. The Morgan fingerprint density at radius 1 is 1.26 bits per heavy atom. The van der Waals surface area contributed by atoms with Crippen molar-refractivity contribution < 1.29 is 13.9 Å². The molecule has 2 aromatic rings. The van der Waals surface area contributed by atoms with Crippen LogP contribution < -0.4 is 15.8 Å². The molecule has 0 unspecified atom stereocenters. The highest BCUT2D eigenvalue weighted by Gasteiger charge is 2.11. The molecule has 2 rings (SSSR count). The van der Waals surface area contributed by atoms with E-state index in [0.717, 1.165) is 17.7 Å². The summed E-state index contributed by atoms with van der Waals surface area (Å²) in [6.07, 6.45) is 0.745. The second-order valence-corrected chi connectivity index (χ2v) is 5.22. The van der Waals surface area contributed by atoms with Crippen LogP contribution in [-0.2, 0) is 6.61 Å². The van der Waals surface area contributed by atoms with E-state index in [4.69, 9.17) is 14.9 Å². The summed E-state index contributed by atoms with van der Waals surface area (Å²) in [5.74, 6) is 1.49. The van der Waals surface area contributed by atoms with Crippen molar-refractivity contribution in [1.29, 1.82) is 0 Å². The van der Waals surface area contributed by atoms with Crippen LogP contribution in [0.15, 0.2) is 34.7 Å². The molecular weight excluding hydrogens is 316 g/mol. The zero-order chi connectivity index (χ0) is 15.9. The third kappa shape index (κ3) is 5.62. The van der Waals surface area contributed by atoms with Gasteiger partial charge in [-0.05, 0) is 50.6 Å². The average Bonchev–Trinajstić information content (AvgIpc) is 2.95. The van der Waals surface area contributed by atoms with E-state index in [-0.39, 0.29) is 24.1 Å². The Kier molecular flexibility index (Phi) is 7.65. The van der Waals surface area contributed by atoms with Gasteiger partial charge in [0.1, 0.15) is 18.1 Å². The zero-order valence-electron chi connectivity index (χ0n) is 13.4. The number of amides is 1. The first-order chi connectivity index (χ1) is 10.6. The summed E-state index contributed by atoms with van der Waals surface area (Å²) in [6.45, 7) is 5.43. The number of hydrogen-bond acceptors (Lipinski definition) is 4.